The second-order valence-corrected chi connectivity index (χ2v) is 7.80. The van der Waals surface area contributed by atoms with Gasteiger partial charge < -0.3 is 21.5 Å². The lowest BCUT2D eigenvalue weighted by molar-refractivity contribution is 0.333. The highest BCUT2D eigenvalue weighted by atomic mass is 16.5. The van der Waals surface area contributed by atoms with Crippen LogP contribution in [0.5, 0.6) is 5.75 Å². The highest BCUT2D eigenvalue weighted by Crippen LogP contribution is 2.31. The number of ether oxygens (including phenoxy) is 1. The van der Waals surface area contributed by atoms with Gasteiger partial charge in [-0.15, -0.1) is 0 Å². The third kappa shape index (κ3) is 5.24. The maximum Gasteiger partial charge on any atom is 0.207 e. The number of aromatic nitrogens is 3. The molecule has 1 saturated carbocycles. The summed E-state index contributed by atoms with van der Waals surface area (Å²) in [6.07, 6.45) is 6.11. The Morgan fingerprint density at radius 2 is 2.03 bits per heavy atom. The van der Waals surface area contributed by atoms with Crippen LogP contribution >= 0.6 is 0 Å². The van der Waals surface area contributed by atoms with Gasteiger partial charge in [0.25, 0.3) is 0 Å². The molecule has 2 atom stereocenters. The summed E-state index contributed by atoms with van der Waals surface area (Å²) in [4.78, 5) is 17.9. The Hall–Kier alpha value is -3.86. The molecule has 1 fully saturated rings. The Morgan fingerprint density at radius 3 is 2.81 bits per heavy atom. The third-order valence-corrected chi connectivity index (χ3v) is 5.61. The number of rotatable bonds is 5. The molecule has 1 aromatic carbocycles. The molecule has 1 aliphatic rings. The van der Waals surface area contributed by atoms with Gasteiger partial charge in [-0.1, -0.05) is 18.9 Å². The van der Waals surface area contributed by atoms with E-state index in [0.717, 1.165) is 41.7 Å². The lowest BCUT2D eigenvalue weighted by Gasteiger charge is -2.32. The Labute approximate surface area is 187 Å². The maximum absolute atomic E-state index is 5.57. The minimum atomic E-state index is 0.124. The van der Waals surface area contributed by atoms with Crippen molar-refractivity contribution in [2.75, 3.05) is 19.0 Å². The van der Waals surface area contributed by atoms with Crippen LogP contribution in [-0.4, -0.2) is 40.6 Å². The summed E-state index contributed by atoms with van der Waals surface area (Å²) in [5.74, 6) is 8.46. The van der Waals surface area contributed by atoms with Gasteiger partial charge in [0.1, 0.15) is 17.3 Å². The molecule has 2 aromatic heterocycles. The number of hydrogen-bond donors (Lipinski definition) is 3. The number of nitrogens with zero attached hydrogens (tertiary/aromatic N) is 4. The number of hydrogen-bond acceptors (Lipinski definition) is 6. The molecule has 0 spiro atoms. The fraction of sp³-hybridized carbons (Fsp3) is 0.333. The Balaban J connectivity index is 1.70. The fourth-order valence-corrected chi connectivity index (χ4v) is 3.97. The first-order valence-electron chi connectivity index (χ1n) is 10.7. The largest absolute Gasteiger partial charge is 0.497 e. The zero-order chi connectivity index (χ0) is 22.3. The lowest BCUT2D eigenvalue weighted by atomic mass is 9.84. The molecular weight excluding hydrogens is 402 g/mol. The normalized spacial score (nSPS) is 17.8. The number of anilines is 1. The van der Waals surface area contributed by atoms with Crippen molar-refractivity contribution in [2.24, 2.45) is 22.4 Å². The van der Waals surface area contributed by atoms with Crippen molar-refractivity contribution >= 4 is 22.7 Å². The fourth-order valence-electron chi connectivity index (χ4n) is 3.97. The van der Waals surface area contributed by atoms with Gasteiger partial charge in [-0.05, 0) is 60.9 Å². The number of aliphatic imine (C=N–C) groups is 1. The summed E-state index contributed by atoms with van der Waals surface area (Å²) in [7, 11) is 1.65. The molecular formula is C24H27N7O. The molecule has 3 aromatic rings. The lowest BCUT2D eigenvalue weighted by Crippen LogP contribution is -2.35. The zero-order valence-corrected chi connectivity index (χ0v) is 18.1. The summed E-state index contributed by atoms with van der Waals surface area (Å²) in [5, 5.41) is 4.53. The molecule has 2 unspecified atom stereocenters. The minimum absolute atomic E-state index is 0.124. The number of pyridine rings is 1. The molecule has 0 saturated heterocycles. The van der Waals surface area contributed by atoms with E-state index in [1.54, 1.807) is 13.3 Å². The van der Waals surface area contributed by atoms with E-state index >= 15 is 0 Å². The van der Waals surface area contributed by atoms with Crippen LogP contribution < -0.4 is 21.5 Å². The summed E-state index contributed by atoms with van der Waals surface area (Å²) in [6.45, 7) is 0.596. The van der Waals surface area contributed by atoms with Gasteiger partial charge in [-0.25, -0.2) is 15.0 Å². The average molecular weight is 430 g/mol. The van der Waals surface area contributed by atoms with Crippen LogP contribution in [0.3, 0.4) is 0 Å². The quantitative estimate of drug-likeness (QED) is 0.323. The van der Waals surface area contributed by atoms with Crippen LogP contribution in [0.25, 0.3) is 10.9 Å². The summed E-state index contributed by atoms with van der Waals surface area (Å²) in [6, 6.07) is 11.6. The molecule has 8 heteroatoms. The molecule has 5 N–H and O–H groups in total. The van der Waals surface area contributed by atoms with Crippen molar-refractivity contribution < 1.29 is 4.74 Å². The second-order valence-electron chi connectivity index (χ2n) is 7.80. The van der Waals surface area contributed by atoms with Gasteiger partial charge in [0.05, 0.1) is 12.6 Å². The second kappa shape index (κ2) is 9.96. The topological polar surface area (TPSA) is 124 Å². The van der Waals surface area contributed by atoms with Crippen LogP contribution in [0.15, 0.2) is 47.6 Å². The Bertz CT molecular complexity index is 1160. The predicted octanol–water partition coefficient (Wildman–Crippen LogP) is 2.68. The molecule has 0 radical (unpaired) electrons. The van der Waals surface area contributed by atoms with Gasteiger partial charge in [0.15, 0.2) is 5.96 Å². The van der Waals surface area contributed by atoms with Gasteiger partial charge in [-0.2, -0.15) is 0 Å². The first-order valence-corrected chi connectivity index (χ1v) is 10.7. The number of benzene rings is 1. The highest BCUT2D eigenvalue weighted by Gasteiger charge is 2.26. The SMILES string of the molecule is COc1ccc2nc(C#Cc3ccccn3)nc(NC3CCCCC3CN=C(N)N)c2c1. The first-order chi connectivity index (χ1) is 15.6. The molecule has 0 amide bonds. The van der Waals surface area contributed by atoms with Gasteiger partial charge in [-0.3, -0.25) is 4.99 Å². The number of guanidine groups is 1. The zero-order valence-electron chi connectivity index (χ0n) is 18.1. The summed E-state index contributed by atoms with van der Waals surface area (Å²) in [5.41, 5.74) is 12.6. The number of nitrogens with two attached hydrogens (primary N) is 2. The van der Waals surface area contributed by atoms with E-state index in [1.165, 1.54) is 6.42 Å². The van der Waals surface area contributed by atoms with E-state index in [2.05, 4.69) is 32.1 Å². The van der Waals surface area contributed by atoms with Crippen LogP contribution in [-0.2, 0) is 0 Å². The number of methoxy groups -OCH3 is 1. The van der Waals surface area contributed by atoms with Gasteiger partial charge in [0.2, 0.25) is 5.82 Å². The van der Waals surface area contributed by atoms with Gasteiger partial charge in [0, 0.05) is 24.2 Å². The molecule has 0 bridgehead atoms. The van der Waals surface area contributed by atoms with Crippen molar-refractivity contribution in [3.8, 4) is 17.6 Å². The van der Waals surface area contributed by atoms with Crippen LogP contribution in [0.2, 0.25) is 0 Å². The van der Waals surface area contributed by atoms with Crippen LogP contribution in [0, 0.1) is 17.8 Å². The summed E-state index contributed by atoms with van der Waals surface area (Å²) >= 11 is 0. The van der Waals surface area contributed by atoms with Gasteiger partial charge >= 0.3 is 0 Å². The smallest absolute Gasteiger partial charge is 0.207 e. The van der Waals surface area contributed by atoms with E-state index in [4.69, 9.17) is 21.2 Å². The molecule has 2 heterocycles. The minimum Gasteiger partial charge on any atom is -0.497 e. The molecule has 164 valence electrons. The van der Waals surface area contributed by atoms with E-state index in [9.17, 15) is 0 Å². The predicted molar refractivity (Wildman–Crippen MR) is 126 cm³/mol. The molecule has 1 aliphatic carbocycles. The van der Waals surface area contributed by atoms with Crippen molar-refractivity contribution in [3.05, 3.63) is 54.1 Å². The standard InChI is InChI=1S/C24H27N7O/c1-32-18-10-11-21-19(14-18)23(30-20-8-3-2-6-16(20)15-28-24(25)26)31-22(29-21)12-9-17-7-4-5-13-27-17/h4-5,7,10-11,13-14,16,20H,2-3,6,8,15H2,1H3,(H4,25,26,28)(H,29,30,31). The van der Waals surface area contributed by atoms with Crippen molar-refractivity contribution in [3.63, 3.8) is 0 Å². The Kier molecular flexibility index (Phi) is 6.66. The summed E-state index contributed by atoms with van der Waals surface area (Å²) < 4.78 is 5.42. The Morgan fingerprint density at radius 1 is 1.16 bits per heavy atom. The number of nitrogens with one attached hydrogen (secondary N) is 1. The average Bonchev–Trinajstić information content (AvgIpc) is 2.82. The van der Waals surface area contributed by atoms with E-state index in [1.807, 2.05) is 36.4 Å². The van der Waals surface area contributed by atoms with Crippen molar-refractivity contribution in [2.45, 2.75) is 31.7 Å². The van der Waals surface area contributed by atoms with E-state index < -0.39 is 0 Å². The van der Waals surface area contributed by atoms with Crippen molar-refractivity contribution in [1.29, 1.82) is 0 Å². The monoisotopic (exact) mass is 429 g/mol. The first kappa shape index (κ1) is 21.4. The van der Waals surface area contributed by atoms with Crippen LogP contribution in [0.1, 0.15) is 37.2 Å². The maximum atomic E-state index is 5.57. The van der Waals surface area contributed by atoms with E-state index in [0.29, 0.717) is 24.0 Å². The molecule has 32 heavy (non-hydrogen) atoms. The third-order valence-electron chi connectivity index (χ3n) is 5.61. The van der Waals surface area contributed by atoms with E-state index in [-0.39, 0.29) is 12.0 Å². The molecule has 0 aliphatic heterocycles. The highest BCUT2D eigenvalue weighted by molar-refractivity contribution is 5.90. The number of fused-ring (bicyclic) bond motifs is 1. The van der Waals surface area contributed by atoms with Crippen LogP contribution in [0.4, 0.5) is 5.82 Å². The molecule has 4 rings (SSSR count). The molecule has 8 nitrogen and oxygen atoms in total. The van der Waals surface area contributed by atoms with Crippen molar-refractivity contribution in [1.82, 2.24) is 15.0 Å².